The van der Waals surface area contributed by atoms with Gasteiger partial charge in [0.2, 0.25) is 0 Å². The van der Waals surface area contributed by atoms with E-state index in [0.717, 1.165) is 45.9 Å². The first-order valence-corrected chi connectivity index (χ1v) is 18.4. The maximum absolute atomic E-state index is 7.04. The predicted molar refractivity (Wildman–Crippen MR) is 223 cm³/mol. The Bertz CT molecular complexity index is 3040. The average Bonchev–Trinajstić information content (AvgIpc) is 3.62. The Morgan fingerprint density at radius 1 is 0.453 bits per heavy atom. The van der Waals surface area contributed by atoms with Gasteiger partial charge in [0.25, 0.3) is 0 Å². The number of para-hydroxylation sites is 1. The predicted octanol–water partition coefficient (Wildman–Crippen LogP) is 14.1. The number of aromatic nitrogens is 1. The molecule has 0 spiro atoms. The Morgan fingerprint density at radius 3 is 1.74 bits per heavy atom. The Balaban J connectivity index is 1.23. The van der Waals surface area contributed by atoms with E-state index in [0.29, 0.717) is 0 Å². The van der Waals surface area contributed by atoms with E-state index in [2.05, 4.69) is 163 Å². The van der Waals surface area contributed by atoms with Crippen LogP contribution in [0.2, 0.25) is 0 Å². The maximum Gasteiger partial charge on any atom is 0.143 e. The van der Waals surface area contributed by atoms with Crippen LogP contribution in [0.1, 0.15) is 17.5 Å². The number of pyridine rings is 1. The Morgan fingerprint density at radius 2 is 1.04 bits per heavy atom. The summed E-state index contributed by atoms with van der Waals surface area (Å²) in [5.74, 6) is 0. The molecule has 8 aromatic carbocycles. The third kappa shape index (κ3) is 4.49. The molecule has 248 valence electrons. The van der Waals surface area contributed by atoms with Gasteiger partial charge in [-0.2, -0.15) is 0 Å². The summed E-state index contributed by atoms with van der Waals surface area (Å²) in [4.78, 5) is 4.51. The van der Waals surface area contributed by atoms with E-state index >= 15 is 0 Å². The summed E-state index contributed by atoms with van der Waals surface area (Å²) in [6.45, 7) is 0. The summed E-state index contributed by atoms with van der Waals surface area (Å²) in [6, 6.07) is 54.9. The normalized spacial score (nSPS) is 12.7. The molecule has 1 aliphatic carbocycles. The van der Waals surface area contributed by atoms with Crippen molar-refractivity contribution < 1.29 is 4.42 Å². The summed E-state index contributed by atoms with van der Waals surface area (Å²) in [5.41, 5.74) is 14.2. The molecule has 2 aromatic heterocycles. The second-order valence-corrected chi connectivity index (χ2v) is 14.0. The van der Waals surface area contributed by atoms with Crippen LogP contribution in [0, 0.1) is 0 Å². The molecular formula is C51H33NO. The van der Waals surface area contributed by atoms with Crippen molar-refractivity contribution in [3.05, 3.63) is 181 Å². The lowest BCUT2D eigenvalue weighted by Crippen LogP contribution is -2.02. The van der Waals surface area contributed by atoms with Crippen molar-refractivity contribution in [3.8, 4) is 44.5 Å². The van der Waals surface area contributed by atoms with E-state index in [-0.39, 0.29) is 0 Å². The van der Waals surface area contributed by atoms with E-state index < -0.39 is 0 Å². The first kappa shape index (κ1) is 29.9. The molecule has 0 amide bonds. The smallest absolute Gasteiger partial charge is 0.143 e. The Labute approximate surface area is 307 Å². The number of nitrogens with zero attached hydrogens (tertiary/aromatic N) is 1. The van der Waals surface area contributed by atoms with Gasteiger partial charge in [0.15, 0.2) is 0 Å². The molecule has 10 aromatic rings. The first-order valence-electron chi connectivity index (χ1n) is 18.4. The van der Waals surface area contributed by atoms with E-state index in [1.807, 2.05) is 18.5 Å². The van der Waals surface area contributed by atoms with Gasteiger partial charge >= 0.3 is 0 Å². The molecule has 0 aliphatic heterocycles. The lowest BCUT2D eigenvalue weighted by molar-refractivity contribution is 0.670. The Hall–Kier alpha value is -6.77. The van der Waals surface area contributed by atoms with E-state index in [4.69, 9.17) is 4.42 Å². The second kappa shape index (κ2) is 11.9. The second-order valence-electron chi connectivity index (χ2n) is 14.0. The topological polar surface area (TPSA) is 26.0 Å². The van der Waals surface area contributed by atoms with Gasteiger partial charge in [0.1, 0.15) is 11.2 Å². The lowest BCUT2D eigenvalue weighted by atomic mass is 9.80. The van der Waals surface area contributed by atoms with Crippen LogP contribution in [0.5, 0.6) is 0 Å². The van der Waals surface area contributed by atoms with Crippen LogP contribution in [-0.4, -0.2) is 4.98 Å². The molecule has 2 heterocycles. The van der Waals surface area contributed by atoms with Crippen molar-refractivity contribution in [2.24, 2.45) is 0 Å². The summed E-state index contributed by atoms with van der Waals surface area (Å²) < 4.78 is 7.04. The van der Waals surface area contributed by atoms with Crippen molar-refractivity contribution >= 4 is 60.3 Å². The summed E-state index contributed by atoms with van der Waals surface area (Å²) >= 11 is 0. The van der Waals surface area contributed by atoms with Gasteiger partial charge in [-0.15, -0.1) is 0 Å². The number of hydrogen-bond acceptors (Lipinski definition) is 2. The fourth-order valence-corrected chi connectivity index (χ4v) is 9.10. The zero-order valence-corrected chi connectivity index (χ0v) is 29.0. The molecule has 2 nitrogen and oxygen atoms in total. The summed E-state index contributed by atoms with van der Waals surface area (Å²) in [5, 5.41) is 9.64. The van der Waals surface area contributed by atoms with Crippen molar-refractivity contribution in [2.45, 2.75) is 12.8 Å². The molecule has 0 atom stereocenters. The van der Waals surface area contributed by atoms with Gasteiger partial charge < -0.3 is 4.42 Å². The minimum absolute atomic E-state index is 0.893. The number of fused-ring (bicyclic) bond motifs is 7. The minimum atomic E-state index is 0.893. The molecule has 2 heteroatoms. The molecule has 0 bridgehead atoms. The standard InChI is InChI=1S/C51H33NO/c1-2-15-32(16-3-1)46-34-18-4-10-24-40(34)49(41-25-11-5-19-35(41)46)43-27-12-28-44-50-42(26-13-29-45(50)53-51(43)44)48-38-22-8-6-20-36(38)47(33-17-14-30-52-31-33)37-21-7-9-23-39(37)48/h1-4,6-18,20-31H,5,19H2. The molecule has 1 aliphatic rings. The van der Waals surface area contributed by atoms with Crippen molar-refractivity contribution in [3.63, 3.8) is 0 Å². The first-order chi connectivity index (χ1) is 26.3. The van der Waals surface area contributed by atoms with Gasteiger partial charge in [-0.05, 0) is 96.2 Å². The van der Waals surface area contributed by atoms with Gasteiger partial charge in [-0.3, -0.25) is 4.98 Å². The largest absolute Gasteiger partial charge is 0.455 e. The van der Waals surface area contributed by atoms with Crippen LogP contribution in [0.3, 0.4) is 0 Å². The zero-order valence-electron chi connectivity index (χ0n) is 29.0. The van der Waals surface area contributed by atoms with Gasteiger partial charge in [0, 0.05) is 39.9 Å². The highest BCUT2D eigenvalue weighted by Gasteiger charge is 2.25. The molecule has 11 rings (SSSR count). The molecular weight excluding hydrogens is 643 g/mol. The highest BCUT2D eigenvalue weighted by molar-refractivity contribution is 6.26. The van der Waals surface area contributed by atoms with Gasteiger partial charge in [-0.1, -0.05) is 152 Å². The van der Waals surface area contributed by atoms with Crippen LogP contribution in [0.15, 0.2) is 175 Å². The van der Waals surface area contributed by atoms with Crippen LogP contribution < -0.4 is 0 Å². The lowest BCUT2D eigenvalue weighted by Gasteiger charge is -2.23. The maximum atomic E-state index is 7.04. The molecule has 0 fully saturated rings. The highest BCUT2D eigenvalue weighted by atomic mass is 16.3. The van der Waals surface area contributed by atoms with Crippen molar-refractivity contribution in [1.29, 1.82) is 0 Å². The molecule has 0 N–H and O–H groups in total. The SMILES string of the molecule is C1=Cc2c(c(-c3ccccc3)c3ccccc3c2-c2cccc3c2oc2cccc(-c4c5ccccc5c(-c5cccnc5)c5ccccc45)c23)CC1. The highest BCUT2D eigenvalue weighted by Crippen LogP contribution is 2.50. The molecule has 0 unspecified atom stereocenters. The quantitative estimate of drug-likeness (QED) is 0.174. The molecule has 0 saturated heterocycles. The minimum Gasteiger partial charge on any atom is -0.455 e. The number of rotatable bonds is 4. The van der Waals surface area contributed by atoms with E-state index in [1.165, 1.54) is 76.8 Å². The fourth-order valence-electron chi connectivity index (χ4n) is 9.10. The van der Waals surface area contributed by atoms with Crippen LogP contribution in [0.25, 0.3) is 105 Å². The fraction of sp³-hybridized carbons (Fsp3) is 0.0392. The molecule has 53 heavy (non-hydrogen) atoms. The van der Waals surface area contributed by atoms with Crippen LogP contribution in [-0.2, 0) is 6.42 Å². The number of furan rings is 1. The van der Waals surface area contributed by atoms with Gasteiger partial charge in [-0.25, -0.2) is 0 Å². The van der Waals surface area contributed by atoms with Crippen molar-refractivity contribution in [2.75, 3.05) is 0 Å². The van der Waals surface area contributed by atoms with Crippen molar-refractivity contribution in [1.82, 2.24) is 4.98 Å². The third-order valence-electron chi connectivity index (χ3n) is 11.2. The average molecular weight is 676 g/mol. The van der Waals surface area contributed by atoms with E-state index in [1.54, 1.807) is 0 Å². The molecule has 0 radical (unpaired) electrons. The monoisotopic (exact) mass is 675 g/mol. The zero-order chi connectivity index (χ0) is 34.9. The summed E-state index contributed by atoms with van der Waals surface area (Å²) in [6.07, 6.45) is 10.5. The van der Waals surface area contributed by atoms with E-state index in [9.17, 15) is 0 Å². The van der Waals surface area contributed by atoms with Crippen LogP contribution >= 0.6 is 0 Å². The Kier molecular flexibility index (Phi) is 6.72. The third-order valence-corrected chi connectivity index (χ3v) is 11.2. The van der Waals surface area contributed by atoms with Crippen LogP contribution in [0.4, 0.5) is 0 Å². The number of benzene rings is 8. The number of allylic oxidation sites excluding steroid dienone is 1. The number of hydrogen-bond donors (Lipinski definition) is 0. The van der Waals surface area contributed by atoms with Gasteiger partial charge in [0.05, 0.1) is 0 Å². The summed E-state index contributed by atoms with van der Waals surface area (Å²) in [7, 11) is 0. The molecule has 0 saturated carbocycles.